The Balaban J connectivity index is 1.65. The number of hydrogen-bond donors (Lipinski definition) is 1. The van der Waals surface area contributed by atoms with Gasteiger partial charge in [0.2, 0.25) is 0 Å². The molecule has 12 heteroatoms. The zero-order valence-electron chi connectivity index (χ0n) is 23.0. The summed E-state index contributed by atoms with van der Waals surface area (Å²) in [5, 5.41) is 11.6. The first kappa shape index (κ1) is 27.9. The van der Waals surface area contributed by atoms with E-state index in [-0.39, 0.29) is 24.0 Å². The lowest BCUT2D eigenvalue weighted by molar-refractivity contribution is -0.274. The lowest BCUT2D eigenvalue weighted by Crippen LogP contribution is -2.50. The molecule has 2 atom stereocenters. The Morgan fingerprint density at radius 1 is 1.10 bits per heavy atom. The summed E-state index contributed by atoms with van der Waals surface area (Å²) >= 11 is 0. The molecule has 1 aromatic heterocycles. The highest BCUT2D eigenvalue weighted by Crippen LogP contribution is 2.51. The fourth-order valence-electron chi connectivity index (χ4n) is 6.03. The number of carbonyl (C=O) groups is 2. The van der Waals surface area contributed by atoms with Crippen LogP contribution in [0.5, 0.6) is 5.75 Å². The van der Waals surface area contributed by atoms with Crippen LogP contribution < -0.4 is 20.1 Å². The van der Waals surface area contributed by atoms with E-state index >= 15 is 0 Å². The van der Waals surface area contributed by atoms with Crippen LogP contribution in [-0.4, -0.2) is 52.3 Å². The van der Waals surface area contributed by atoms with Gasteiger partial charge in [-0.2, -0.15) is 0 Å². The van der Waals surface area contributed by atoms with Crippen molar-refractivity contribution >= 4 is 17.6 Å². The van der Waals surface area contributed by atoms with Gasteiger partial charge in [0.15, 0.2) is 11.2 Å². The molecule has 9 nitrogen and oxygen atoms in total. The number of hydrogen-bond acceptors (Lipinski definition) is 7. The van der Waals surface area contributed by atoms with Crippen LogP contribution in [0.15, 0.2) is 29.2 Å². The molecule has 1 N–H and O–H groups in total. The number of benzene rings is 1. The molecule has 216 valence electrons. The van der Waals surface area contributed by atoms with Crippen molar-refractivity contribution in [2.75, 3.05) is 23.0 Å². The van der Waals surface area contributed by atoms with Crippen molar-refractivity contribution in [1.82, 2.24) is 4.68 Å². The maximum atomic E-state index is 13.6. The molecule has 0 saturated carbocycles. The van der Waals surface area contributed by atoms with Gasteiger partial charge in [0, 0.05) is 30.9 Å². The van der Waals surface area contributed by atoms with E-state index in [9.17, 15) is 32.7 Å². The summed E-state index contributed by atoms with van der Waals surface area (Å²) in [4.78, 5) is 38.9. The van der Waals surface area contributed by atoms with Gasteiger partial charge < -0.3 is 19.5 Å². The van der Waals surface area contributed by atoms with Gasteiger partial charge >= 0.3 is 18.3 Å². The Hall–Kier alpha value is -3.70. The molecule has 5 rings (SSSR count). The molecule has 0 radical (unpaired) electrons. The summed E-state index contributed by atoms with van der Waals surface area (Å²) in [6, 6.07) is 3.79. The van der Waals surface area contributed by atoms with Gasteiger partial charge in [-0.05, 0) is 71.6 Å². The predicted molar refractivity (Wildman–Crippen MR) is 140 cm³/mol. The number of aromatic nitrogens is 1. The third-order valence-electron chi connectivity index (χ3n) is 7.70. The molecule has 0 unspecified atom stereocenters. The molecule has 3 aliphatic heterocycles. The standard InChI is InChI=1S/C28H32F3N3O6/c1-26(2,3)40-25(38)15-7-9-32(13-15)21-10-16-17(11-23(21)39-28(29,30)31)20-12-22(35)18(24(36)37)14-33(20)34-19(16)6-8-27(34,4)5/h10-12,14-15,19H,6-9,13H2,1-5H3,(H,36,37)/t15-,19+/m0/s1. The molecule has 0 aliphatic carbocycles. The highest BCUT2D eigenvalue weighted by Gasteiger charge is 2.46. The number of fused-ring (bicyclic) bond motifs is 6. The van der Waals surface area contributed by atoms with Gasteiger partial charge in [0.25, 0.3) is 0 Å². The van der Waals surface area contributed by atoms with Crippen LogP contribution in [-0.2, 0) is 9.53 Å². The van der Waals surface area contributed by atoms with Crippen molar-refractivity contribution in [3.05, 3.63) is 45.7 Å². The van der Waals surface area contributed by atoms with Crippen LogP contribution in [0.1, 0.15) is 75.8 Å². The molecule has 0 amide bonds. The minimum Gasteiger partial charge on any atom is -0.477 e. The third kappa shape index (κ3) is 4.99. The molecular formula is C28H32F3N3O6. The first-order valence-electron chi connectivity index (χ1n) is 13.2. The second kappa shape index (κ2) is 9.17. The van der Waals surface area contributed by atoms with E-state index in [0.717, 1.165) is 12.5 Å². The fourth-order valence-corrected chi connectivity index (χ4v) is 6.03. The summed E-state index contributed by atoms with van der Waals surface area (Å²) in [6.07, 6.45) is -1.95. The summed E-state index contributed by atoms with van der Waals surface area (Å²) in [7, 11) is 0. The summed E-state index contributed by atoms with van der Waals surface area (Å²) < 4.78 is 52.4. The van der Waals surface area contributed by atoms with E-state index in [0.29, 0.717) is 30.5 Å². The minimum absolute atomic E-state index is 0.166. The molecule has 0 bridgehead atoms. The maximum Gasteiger partial charge on any atom is 0.573 e. The molecule has 1 aromatic carbocycles. The first-order chi connectivity index (χ1) is 18.4. The van der Waals surface area contributed by atoms with E-state index in [1.165, 1.54) is 12.3 Å². The smallest absolute Gasteiger partial charge is 0.477 e. The largest absolute Gasteiger partial charge is 0.573 e. The Morgan fingerprint density at radius 3 is 2.42 bits per heavy atom. The van der Waals surface area contributed by atoms with Crippen LogP contribution in [0.25, 0.3) is 11.3 Å². The number of halogens is 3. The molecule has 0 spiro atoms. The number of esters is 1. The van der Waals surface area contributed by atoms with Gasteiger partial charge in [-0.1, -0.05) is 0 Å². The van der Waals surface area contributed by atoms with E-state index in [1.54, 1.807) is 36.4 Å². The zero-order chi connectivity index (χ0) is 29.4. The fraction of sp³-hybridized carbons (Fsp3) is 0.536. The summed E-state index contributed by atoms with van der Waals surface area (Å²) in [5.74, 6) is -2.75. The van der Waals surface area contributed by atoms with Gasteiger partial charge in [-0.15, -0.1) is 13.2 Å². The highest BCUT2D eigenvalue weighted by molar-refractivity contribution is 5.88. The van der Waals surface area contributed by atoms with Gasteiger partial charge in [-0.3, -0.25) is 19.3 Å². The van der Waals surface area contributed by atoms with Crippen molar-refractivity contribution in [1.29, 1.82) is 0 Å². The van der Waals surface area contributed by atoms with Crippen LogP contribution in [0.2, 0.25) is 0 Å². The zero-order valence-corrected chi connectivity index (χ0v) is 23.0. The van der Waals surface area contributed by atoms with Crippen molar-refractivity contribution in [3.8, 4) is 17.0 Å². The summed E-state index contributed by atoms with van der Waals surface area (Å²) in [6.45, 7) is 9.76. The number of nitrogens with zero attached hydrogens (tertiary/aromatic N) is 3. The van der Waals surface area contributed by atoms with Crippen LogP contribution in [0, 0.1) is 5.92 Å². The molecule has 2 saturated heterocycles. The van der Waals surface area contributed by atoms with Crippen molar-refractivity contribution in [3.63, 3.8) is 0 Å². The quantitative estimate of drug-likeness (QED) is 0.528. The number of anilines is 1. The van der Waals surface area contributed by atoms with Crippen LogP contribution in [0.3, 0.4) is 0 Å². The number of ether oxygens (including phenoxy) is 2. The van der Waals surface area contributed by atoms with Gasteiger partial charge in [-0.25, -0.2) is 4.79 Å². The molecule has 2 aromatic rings. The number of rotatable bonds is 4. The SMILES string of the molecule is CC(C)(C)OC(=O)[C@H]1CCN(c2cc3c(cc2OC(F)(F)F)-c2cc(=O)c(C(=O)O)cn2N2[C@@H]3CCC2(C)C)C1. The number of carboxylic acids is 1. The molecule has 40 heavy (non-hydrogen) atoms. The number of carboxylic acid groups (broad SMARTS) is 1. The average molecular weight is 564 g/mol. The molecular weight excluding hydrogens is 531 g/mol. The van der Waals surface area contributed by atoms with Crippen molar-refractivity contribution in [2.45, 2.75) is 77.4 Å². The second-order valence-electron chi connectivity index (χ2n) is 12.2. The topological polar surface area (TPSA) is 101 Å². The lowest BCUT2D eigenvalue weighted by Gasteiger charge is -2.45. The minimum atomic E-state index is -4.99. The Kier molecular flexibility index (Phi) is 6.38. The van der Waals surface area contributed by atoms with E-state index in [1.807, 2.05) is 18.9 Å². The van der Waals surface area contributed by atoms with Crippen LogP contribution >= 0.6 is 0 Å². The Labute approximate surface area is 229 Å². The maximum absolute atomic E-state index is 13.6. The van der Waals surface area contributed by atoms with Gasteiger partial charge in [0.05, 0.1) is 28.9 Å². The number of carbonyl (C=O) groups excluding carboxylic acids is 1. The van der Waals surface area contributed by atoms with E-state index < -0.39 is 52.1 Å². The second-order valence-corrected chi connectivity index (χ2v) is 12.2. The van der Waals surface area contributed by atoms with Gasteiger partial charge in [0.1, 0.15) is 11.2 Å². The van der Waals surface area contributed by atoms with E-state index in [4.69, 9.17) is 4.74 Å². The van der Waals surface area contributed by atoms with Crippen LogP contribution in [0.4, 0.5) is 18.9 Å². The monoisotopic (exact) mass is 563 g/mol. The highest BCUT2D eigenvalue weighted by atomic mass is 19.4. The molecule has 3 aliphatic rings. The summed E-state index contributed by atoms with van der Waals surface area (Å²) in [5.41, 5.74) is -0.751. The average Bonchev–Trinajstić information content (AvgIpc) is 3.41. The lowest BCUT2D eigenvalue weighted by atomic mass is 9.93. The van der Waals surface area contributed by atoms with E-state index in [2.05, 4.69) is 4.74 Å². The normalized spacial score (nSPS) is 21.5. The first-order valence-corrected chi connectivity index (χ1v) is 13.2. The Bertz CT molecular complexity index is 1440. The third-order valence-corrected chi connectivity index (χ3v) is 7.70. The Morgan fingerprint density at radius 2 is 1.80 bits per heavy atom. The predicted octanol–water partition coefficient (Wildman–Crippen LogP) is 4.85. The number of alkyl halides is 3. The molecule has 2 fully saturated rings. The molecule has 4 heterocycles. The van der Waals surface area contributed by atoms with Crippen molar-refractivity contribution in [2.24, 2.45) is 5.92 Å². The number of aromatic carboxylic acids is 1. The number of pyridine rings is 1. The van der Waals surface area contributed by atoms with Crippen molar-refractivity contribution < 1.29 is 37.3 Å².